The molecule has 23 heavy (non-hydrogen) atoms. The fourth-order valence-corrected chi connectivity index (χ4v) is 2.43. The summed E-state index contributed by atoms with van der Waals surface area (Å²) in [5.74, 6) is -0.184. The van der Waals surface area contributed by atoms with Crippen LogP contribution < -0.4 is 10.2 Å². The van der Waals surface area contributed by atoms with E-state index in [0.717, 1.165) is 16.6 Å². The predicted molar refractivity (Wildman–Crippen MR) is 90.8 cm³/mol. The molecular weight excluding hydrogens is 292 g/mol. The van der Waals surface area contributed by atoms with Crippen molar-refractivity contribution in [3.05, 3.63) is 54.2 Å². The Morgan fingerprint density at radius 3 is 2.78 bits per heavy atom. The first-order valence-electron chi connectivity index (χ1n) is 7.34. The van der Waals surface area contributed by atoms with E-state index in [9.17, 15) is 4.79 Å². The average Bonchev–Trinajstić information content (AvgIpc) is 3.04. The van der Waals surface area contributed by atoms with Crippen LogP contribution in [-0.2, 0) is 0 Å². The molecule has 0 aliphatic heterocycles. The molecule has 0 aliphatic carbocycles. The number of fused-ring (bicyclic) bond motifs is 1. The van der Waals surface area contributed by atoms with E-state index in [-0.39, 0.29) is 12.5 Å². The van der Waals surface area contributed by atoms with Gasteiger partial charge < -0.3 is 15.3 Å². The van der Waals surface area contributed by atoms with Crippen molar-refractivity contribution in [2.75, 3.05) is 30.4 Å². The number of benzene rings is 2. The molecule has 3 aromatic rings. The number of para-hydroxylation sites is 1. The summed E-state index contributed by atoms with van der Waals surface area (Å²) < 4.78 is 0. The van der Waals surface area contributed by atoms with E-state index in [1.807, 2.05) is 48.3 Å². The molecule has 0 bridgehead atoms. The van der Waals surface area contributed by atoms with Crippen molar-refractivity contribution in [2.45, 2.75) is 0 Å². The molecule has 0 radical (unpaired) electrons. The minimum atomic E-state index is -0.184. The Bertz CT molecular complexity index is 811. The molecule has 0 unspecified atom stereocenters. The molecule has 0 fully saturated rings. The van der Waals surface area contributed by atoms with Crippen LogP contribution in [0.3, 0.4) is 0 Å². The first-order valence-corrected chi connectivity index (χ1v) is 7.34. The third-order valence-electron chi connectivity index (χ3n) is 3.72. The van der Waals surface area contributed by atoms with Gasteiger partial charge in [0.15, 0.2) is 0 Å². The van der Waals surface area contributed by atoms with Crippen LogP contribution in [0.25, 0.3) is 10.9 Å². The zero-order valence-corrected chi connectivity index (χ0v) is 12.8. The van der Waals surface area contributed by atoms with Gasteiger partial charge in [0, 0.05) is 30.4 Å². The Hall–Kier alpha value is -2.86. The Kier molecular flexibility index (Phi) is 4.25. The molecule has 3 rings (SSSR count). The van der Waals surface area contributed by atoms with Crippen molar-refractivity contribution in [2.24, 2.45) is 0 Å². The topological polar surface area (TPSA) is 81.2 Å². The summed E-state index contributed by atoms with van der Waals surface area (Å²) in [4.78, 5) is 14.4. The van der Waals surface area contributed by atoms with Crippen LogP contribution >= 0.6 is 0 Å². The van der Waals surface area contributed by atoms with Gasteiger partial charge in [-0.1, -0.05) is 12.1 Å². The molecule has 0 saturated heterocycles. The highest BCUT2D eigenvalue weighted by molar-refractivity contribution is 6.11. The van der Waals surface area contributed by atoms with Gasteiger partial charge in [-0.05, 0) is 30.3 Å². The predicted octanol–water partition coefficient (Wildman–Crippen LogP) is 2.24. The number of anilines is 2. The molecule has 0 aliphatic rings. The first-order chi connectivity index (χ1) is 11.2. The summed E-state index contributed by atoms with van der Waals surface area (Å²) in [7, 11) is 1.91. The van der Waals surface area contributed by atoms with Gasteiger partial charge in [0.05, 0.1) is 23.9 Å². The lowest BCUT2D eigenvalue weighted by Crippen LogP contribution is -2.21. The molecule has 0 atom stereocenters. The molecule has 118 valence electrons. The zero-order valence-electron chi connectivity index (χ0n) is 12.8. The van der Waals surface area contributed by atoms with E-state index in [1.165, 1.54) is 0 Å². The largest absolute Gasteiger partial charge is 0.395 e. The minimum absolute atomic E-state index is 0.100. The van der Waals surface area contributed by atoms with E-state index in [2.05, 4.69) is 15.5 Å². The van der Waals surface area contributed by atoms with E-state index in [4.69, 9.17) is 5.11 Å². The highest BCUT2D eigenvalue weighted by Crippen LogP contribution is 2.20. The standard InChI is InChI=1S/C17H18N4O2/c1-21(9-10-22)14-7-5-13(6-8-14)19-17(23)15-4-2-3-12-11-18-20-16(12)15/h2-8,11,22H,9-10H2,1H3,(H,18,20)(H,19,23). The fraction of sp³-hybridized carbons (Fsp3) is 0.176. The van der Waals surface area contributed by atoms with Crippen molar-refractivity contribution in [3.63, 3.8) is 0 Å². The summed E-state index contributed by atoms with van der Waals surface area (Å²) in [6.07, 6.45) is 1.69. The summed E-state index contributed by atoms with van der Waals surface area (Å²) >= 11 is 0. The number of aromatic nitrogens is 2. The Morgan fingerprint density at radius 2 is 2.04 bits per heavy atom. The number of H-pyrrole nitrogens is 1. The molecule has 6 heteroatoms. The minimum Gasteiger partial charge on any atom is -0.395 e. The number of rotatable bonds is 5. The molecular formula is C17H18N4O2. The number of nitrogens with zero attached hydrogens (tertiary/aromatic N) is 2. The summed E-state index contributed by atoms with van der Waals surface area (Å²) in [6, 6.07) is 13.0. The first kappa shape index (κ1) is 15.1. The van der Waals surface area contributed by atoms with E-state index >= 15 is 0 Å². The normalized spacial score (nSPS) is 10.7. The van der Waals surface area contributed by atoms with Gasteiger partial charge in [-0.3, -0.25) is 9.89 Å². The molecule has 3 N–H and O–H groups in total. The lowest BCUT2D eigenvalue weighted by molar-refractivity contribution is 0.102. The summed E-state index contributed by atoms with van der Waals surface area (Å²) in [6.45, 7) is 0.663. The quantitative estimate of drug-likeness (QED) is 0.675. The Balaban J connectivity index is 1.76. The number of carbonyl (C=O) groups excluding carboxylic acids is 1. The van der Waals surface area contributed by atoms with Crippen molar-refractivity contribution >= 4 is 28.2 Å². The zero-order chi connectivity index (χ0) is 16.2. The molecule has 1 amide bonds. The molecule has 1 heterocycles. The van der Waals surface area contributed by atoms with Gasteiger partial charge >= 0.3 is 0 Å². The van der Waals surface area contributed by atoms with Crippen LogP contribution in [0.2, 0.25) is 0 Å². The second kappa shape index (κ2) is 6.50. The molecule has 0 saturated carbocycles. The maximum Gasteiger partial charge on any atom is 0.257 e. The smallest absolute Gasteiger partial charge is 0.257 e. The van der Waals surface area contributed by atoms with Gasteiger partial charge in [-0.2, -0.15) is 5.10 Å². The van der Waals surface area contributed by atoms with E-state index in [0.29, 0.717) is 17.8 Å². The molecule has 1 aromatic heterocycles. The van der Waals surface area contributed by atoms with Crippen LogP contribution in [0, 0.1) is 0 Å². The van der Waals surface area contributed by atoms with E-state index in [1.54, 1.807) is 12.3 Å². The third-order valence-corrected chi connectivity index (χ3v) is 3.72. The van der Waals surface area contributed by atoms with Crippen LogP contribution in [0.15, 0.2) is 48.7 Å². The highest BCUT2D eigenvalue weighted by atomic mass is 16.3. The van der Waals surface area contributed by atoms with Crippen molar-refractivity contribution in [3.8, 4) is 0 Å². The lowest BCUT2D eigenvalue weighted by Gasteiger charge is -2.18. The number of carbonyl (C=O) groups is 1. The number of aliphatic hydroxyl groups is 1. The second-order valence-corrected chi connectivity index (χ2v) is 5.29. The molecule has 2 aromatic carbocycles. The second-order valence-electron chi connectivity index (χ2n) is 5.29. The van der Waals surface area contributed by atoms with Crippen LogP contribution in [-0.4, -0.2) is 41.4 Å². The lowest BCUT2D eigenvalue weighted by atomic mass is 10.1. The Morgan fingerprint density at radius 1 is 1.26 bits per heavy atom. The van der Waals surface area contributed by atoms with E-state index < -0.39 is 0 Å². The number of hydrogen-bond donors (Lipinski definition) is 3. The third kappa shape index (κ3) is 3.17. The maximum absolute atomic E-state index is 12.4. The van der Waals surface area contributed by atoms with Crippen LogP contribution in [0.5, 0.6) is 0 Å². The summed E-state index contributed by atoms with van der Waals surface area (Å²) in [5.41, 5.74) is 2.98. The number of likely N-dealkylation sites (N-methyl/N-ethyl adjacent to an activating group) is 1. The van der Waals surface area contributed by atoms with Gasteiger partial charge in [0.2, 0.25) is 0 Å². The van der Waals surface area contributed by atoms with Gasteiger partial charge in [-0.25, -0.2) is 0 Å². The molecule has 0 spiro atoms. The number of aromatic amines is 1. The van der Waals surface area contributed by atoms with Crippen molar-refractivity contribution < 1.29 is 9.90 Å². The number of aliphatic hydroxyl groups excluding tert-OH is 1. The fourth-order valence-electron chi connectivity index (χ4n) is 2.43. The average molecular weight is 310 g/mol. The Labute approximate surface area is 133 Å². The molecule has 6 nitrogen and oxygen atoms in total. The van der Waals surface area contributed by atoms with Gasteiger partial charge in [0.25, 0.3) is 5.91 Å². The maximum atomic E-state index is 12.4. The monoisotopic (exact) mass is 310 g/mol. The summed E-state index contributed by atoms with van der Waals surface area (Å²) in [5, 5.41) is 19.6. The highest BCUT2D eigenvalue weighted by Gasteiger charge is 2.11. The van der Waals surface area contributed by atoms with Crippen LogP contribution in [0.1, 0.15) is 10.4 Å². The van der Waals surface area contributed by atoms with Gasteiger partial charge in [-0.15, -0.1) is 0 Å². The number of hydrogen-bond acceptors (Lipinski definition) is 4. The number of amides is 1. The van der Waals surface area contributed by atoms with Crippen molar-refractivity contribution in [1.29, 1.82) is 0 Å². The van der Waals surface area contributed by atoms with Gasteiger partial charge in [0.1, 0.15) is 0 Å². The SMILES string of the molecule is CN(CCO)c1ccc(NC(=O)c2cccc3cn[nH]c23)cc1. The van der Waals surface area contributed by atoms with Crippen molar-refractivity contribution in [1.82, 2.24) is 10.2 Å². The number of nitrogens with one attached hydrogen (secondary N) is 2. The van der Waals surface area contributed by atoms with Crippen LogP contribution in [0.4, 0.5) is 11.4 Å².